The Hall–Kier alpha value is -2.93. The number of aromatic nitrogens is 6. The molecule has 6 heterocycles. The molecule has 7 nitrogen and oxygen atoms in total. The van der Waals surface area contributed by atoms with Crippen LogP contribution in [0.15, 0.2) is 36.9 Å². The van der Waals surface area contributed by atoms with Crippen LogP contribution in [0.3, 0.4) is 0 Å². The van der Waals surface area contributed by atoms with Gasteiger partial charge in [-0.1, -0.05) is 13.8 Å². The lowest BCUT2D eigenvalue weighted by Crippen LogP contribution is -2.36. The number of fused-ring (bicyclic) bond motifs is 3. The van der Waals surface area contributed by atoms with Gasteiger partial charge in [-0.15, -0.1) is 0 Å². The number of pyridine rings is 1. The predicted molar refractivity (Wildman–Crippen MR) is 121 cm³/mol. The highest BCUT2D eigenvalue weighted by Gasteiger charge is 2.43. The van der Waals surface area contributed by atoms with Crippen LogP contribution in [-0.4, -0.2) is 47.7 Å². The molecule has 0 saturated carbocycles. The van der Waals surface area contributed by atoms with Crippen molar-refractivity contribution in [2.75, 3.05) is 13.1 Å². The first kappa shape index (κ1) is 18.8. The van der Waals surface area contributed by atoms with Crippen LogP contribution in [0.5, 0.6) is 0 Å². The zero-order chi connectivity index (χ0) is 21.0. The summed E-state index contributed by atoms with van der Waals surface area (Å²) in [6.45, 7) is 8.53. The first-order valence-electron chi connectivity index (χ1n) is 11.4. The van der Waals surface area contributed by atoms with E-state index in [0.717, 1.165) is 48.9 Å². The number of hydrogen-bond donors (Lipinski definition) is 2. The van der Waals surface area contributed by atoms with Crippen molar-refractivity contribution in [1.29, 1.82) is 0 Å². The zero-order valence-corrected chi connectivity index (χ0v) is 18.2. The van der Waals surface area contributed by atoms with E-state index in [0.29, 0.717) is 5.92 Å². The van der Waals surface area contributed by atoms with Crippen LogP contribution in [0.25, 0.3) is 22.3 Å². The normalized spacial score (nSPS) is 21.5. The van der Waals surface area contributed by atoms with Crippen molar-refractivity contribution in [1.82, 2.24) is 34.6 Å². The second kappa shape index (κ2) is 7.05. The number of likely N-dealkylation sites (tertiary alicyclic amines) is 1. The van der Waals surface area contributed by atoms with E-state index >= 15 is 0 Å². The SMILES string of the molecule is CC(C)c1c[nH]c2ncc(-c3cc4n(n3)CCCC43CCN(Cc4ncc[nH]4)C3)cc12. The number of aryl methyl sites for hydroxylation is 1. The van der Waals surface area contributed by atoms with Crippen molar-refractivity contribution in [2.24, 2.45) is 0 Å². The van der Waals surface area contributed by atoms with Crippen molar-refractivity contribution in [3.05, 3.63) is 54.0 Å². The fraction of sp³-hybridized carbons (Fsp3) is 0.458. The third-order valence-corrected chi connectivity index (χ3v) is 7.19. The highest BCUT2D eigenvalue weighted by molar-refractivity contribution is 5.84. The minimum Gasteiger partial charge on any atom is -0.348 e. The highest BCUT2D eigenvalue weighted by atomic mass is 15.3. The standard InChI is InChI=1S/C24H29N7/c1-16(2)19-13-28-23-18(19)10-17(12-27-23)20-11-21-24(4-3-8-31(21)29-20)5-9-30(15-24)14-22-25-6-7-26-22/h6-7,10-13,16H,3-5,8-9,14-15H2,1-2H3,(H,25,26)(H,27,28). The second-order valence-corrected chi connectivity index (χ2v) is 9.54. The molecule has 0 bridgehead atoms. The van der Waals surface area contributed by atoms with Gasteiger partial charge in [0.25, 0.3) is 0 Å². The number of hydrogen-bond acceptors (Lipinski definition) is 4. The van der Waals surface area contributed by atoms with Crippen molar-refractivity contribution < 1.29 is 0 Å². The van der Waals surface area contributed by atoms with Crippen LogP contribution in [0, 0.1) is 0 Å². The fourth-order valence-electron chi connectivity index (χ4n) is 5.59. The Bertz CT molecular complexity index is 1220. The number of imidazole rings is 1. The molecule has 0 radical (unpaired) electrons. The third kappa shape index (κ3) is 3.10. The first-order valence-corrected chi connectivity index (χ1v) is 11.4. The molecular formula is C24H29N7. The van der Waals surface area contributed by atoms with Gasteiger partial charge in [0.1, 0.15) is 11.5 Å². The number of nitrogens with zero attached hydrogens (tertiary/aromatic N) is 5. The molecule has 2 aliphatic rings. The molecule has 6 rings (SSSR count). The average molecular weight is 416 g/mol. The summed E-state index contributed by atoms with van der Waals surface area (Å²) in [5.74, 6) is 1.51. The number of nitrogens with one attached hydrogen (secondary N) is 2. The molecule has 160 valence electrons. The van der Waals surface area contributed by atoms with Crippen molar-refractivity contribution in [2.45, 2.75) is 57.5 Å². The molecule has 7 heteroatoms. The molecule has 0 aliphatic carbocycles. The minimum atomic E-state index is 0.199. The zero-order valence-electron chi connectivity index (χ0n) is 18.2. The smallest absolute Gasteiger partial charge is 0.137 e. The van der Waals surface area contributed by atoms with E-state index in [1.54, 1.807) is 0 Å². The molecular weight excluding hydrogens is 386 g/mol. The molecule has 0 amide bonds. The number of H-pyrrole nitrogens is 2. The summed E-state index contributed by atoms with van der Waals surface area (Å²) < 4.78 is 2.26. The van der Waals surface area contributed by atoms with Gasteiger partial charge < -0.3 is 9.97 Å². The molecule has 2 N–H and O–H groups in total. The molecule has 1 spiro atoms. The topological polar surface area (TPSA) is 78.4 Å². The average Bonchev–Trinajstić information content (AvgIpc) is 3.55. The van der Waals surface area contributed by atoms with Crippen LogP contribution in [-0.2, 0) is 18.5 Å². The van der Waals surface area contributed by atoms with Gasteiger partial charge in [-0.3, -0.25) is 9.58 Å². The summed E-state index contributed by atoms with van der Waals surface area (Å²) in [5.41, 5.74) is 6.02. The summed E-state index contributed by atoms with van der Waals surface area (Å²) >= 11 is 0. The van der Waals surface area contributed by atoms with Gasteiger partial charge in [0.2, 0.25) is 0 Å². The Morgan fingerprint density at radius 3 is 2.90 bits per heavy atom. The van der Waals surface area contributed by atoms with Crippen LogP contribution >= 0.6 is 0 Å². The molecule has 1 saturated heterocycles. The summed E-state index contributed by atoms with van der Waals surface area (Å²) in [5, 5.41) is 6.24. The summed E-state index contributed by atoms with van der Waals surface area (Å²) in [7, 11) is 0. The molecule has 4 aromatic heterocycles. The van der Waals surface area contributed by atoms with Gasteiger partial charge in [0, 0.05) is 59.9 Å². The maximum absolute atomic E-state index is 5.04. The lowest BCUT2D eigenvalue weighted by Gasteiger charge is -2.34. The Kier molecular flexibility index (Phi) is 4.28. The Morgan fingerprint density at radius 2 is 2.06 bits per heavy atom. The number of rotatable bonds is 4. The maximum atomic E-state index is 5.04. The minimum absolute atomic E-state index is 0.199. The summed E-state index contributed by atoms with van der Waals surface area (Å²) in [4.78, 5) is 18.2. The maximum Gasteiger partial charge on any atom is 0.137 e. The number of aromatic amines is 2. The van der Waals surface area contributed by atoms with Crippen molar-refractivity contribution in [3.63, 3.8) is 0 Å². The van der Waals surface area contributed by atoms with Crippen LogP contribution in [0.1, 0.15) is 56.1 Å². The highest BCUT2D eigenvalue weighted by Crippen LogP contribution is 2.43. The summed E-state index contributed by atoms with van der Waals surface area (Å²) in [6.07, 6.45) is 11.4. The van der Waals surface area contributed by atoms with E-state index in [1.165, 1.54) is 35.9 Å². The van der Waals surface area contributed by atoms with Crippen LogP contribution in [0.2, 0.25) is 0 Å². The Labute approximate surface area is 181 Å². The molecule has 2 aliphatic heterocycles. The van der Waals surface area contributed by atoms with E-state index < -0.39 is 0 Å². The molecule has 0 aromatic carbocycles. The van der Waals surface area contributed by atoms with E-state index in [2.05, 4.69) is 61.7 Å². The quantitative estimate of drug-likeness (QED) is 0.523. The second-order valence-electron chi connectivity index (χ2n) is 9.54. The van der Waals surface area contributed by atoms with Gasteiger partial charge in [0.15, 0.2) is 0 Å². The predicted octanol–water partition coefficient (Wildman–Crippen LogP) is 4.21. The van der Waals surface area contributed by atoms with Crippen LogP contribution in [0.4, 0.5) is 0 Å². The molecule has 1 atom stereocenters. The largest absolute Gasteiger partial charge is 0.348 e. The van der Waals surface area contributed by atoms with Crippen molar-refractivity contribution >= 4 is 11.0 Å². The molecule has 1 unspecified atom stereocenters. The molecule has 1 fully saturated rings. The molecule has 31 heavy (non-hydrogen) atoms. The monoisotopic (exact) mass is 415 g/mol. The lowest BCUT2D eigenvalue weighted by atomic mass is 9.77. The first-order chi connectivity index (χ1) is 15.1. The van der Waals surface area contributed by atoms with E-state index in [4.69, 9.17) is 5.10 Å². The van der Waals surface area contributed by atoms with E-state index in [1.807, 2.05) is 18.6 Å². The van der Waals surface area contributed by atoms with E-state index in [-0.39, 0.29) is 5.41 Å². The molecule has 4 aromatic rings. The van der Waals surface area contributed by atoms with Gasteiger partial charge in [-0.2, -0.15) is 5.10 Å². The Morgan fingerprint density at radius 1 is 1.13 bits per heavy atom. The lowest BCUT2D eigenvalue weighted by molar-refractivity contribution is 0.259. The van der Waals surface area contributed by atoms with Gasteiger partial charge in [0.05, 0.1) is 12.2 Å². The van der Waals surface area contributed by atoms with Gasteiger partial charge in [-0.25, -0.2) is 9.97 Å². The Balaban J connectivity index is 1.33. The third-order valence-electron chi connectivity index (χ3n) is 7.19. The van der Waals surface area contributed by atoms with Gasteiger partial charge in [-0.05, 0) is 49.4 Å². The van der Waals surface area contributed by atoms with Crippen LogP contribution < -0.4 is 0 Å². The summed E-state index contributed by atoms with van der Waals surface area (Å²) in [6, 6.07) is 4.59. The van der Waals surface area contributed by atoms with Gasteiger partial charge >= 0.3 is 0 Å². The van der Waals surface area contributed by atoms with E-state index in [9.17, 15) is 0 Å². The fourth-order valence-corrected chi connectivity index (χ4v) is 5.59. The van der Waals surface area contributed by atoms with Crippen molar-refractivity contribution in [3.8, 4) is 11.3 Å².